The van der Waals surface area contributed by atoms with Gasteiger partial charge >= 0.3 is 5.97 Å². The van der Waals surface area contributed by atoms with Crippen molar-refractivity contribution in [2.24, 2.45) is 10.8 Å². The number of carbonyl (C=O) groups is 2. The van der Waals surface area contributed by atoms with Gasteiger partial charge in [0.25, 0.3) is 0 Å². The average Bonchev–Trinajstić information content (AvgIpc) is 3.14. The molecule has 1 fully saturated rings. The van der Waals surface area contributed by atoms with Crippen molar-refractivity contribution >= 4 is 52.3 Å². The smallest absolute Gasteiger partial charge is 0.321 e. The number of anilines is 2. The van der Waals surface area contributed by atoms with Crippen LogP contribution in [0.5, 0.6) is 0 Å². The number of azide groups is 1. The maximum Gasteiger partial charge on any atom is 0.321 e. The molecule has 10 nitrogen and oxygen atoms in total. The molecule has 2 aliphatic rings. The van der Waals surface area contributed by atoms with Crippen LogP contribution in [0.2, 0.25) is 0 Å². The second kappa shape index (κ2) is 17.1. The first kappa shape index (κ1) is 35.5. The van der Waals surface area contributed by atoms with Gasteiger partial charge in [-0.1, -0.05) is 83.6 Å². The van der Waals surface area contributed by atoms with E-state index in [0.717, 1.165) is 69.1 Å². The van der Waals surface area contributed by atoms with Crippen LogP contribution in [0.4, 0.5) is 17.1 Å². The van der Waals surface area contributed by atoms with E-state index in [-0.39, 0.29) is 5.78 Å². The number of para-hydroxylation sites is 1. The molecule has 2 aliphatic heterocycles. The number of benzene rings is 4. The number of aliphatic carboxylic acids is 1. The summed E-state index contributed by atoms with van der Waals surface area (Å²) in [4.78, 5) is 36.7. The quantitative estimate of drug-likeness (QED) is 0.0418. The number of piperazine rings is 1. The molecule has 0 spiro atoms. The lowest BCUT2D eigenvalue weighted by Crippen LogP contribution is -2.46. The number of carboxylic acids is 1. The standard InChI is InChI=1S/C38H41N7O3S2/c39-32(38(47)48)26-49-25-28-9-13-30(14-10-28)37(46)29-11-7-27(8-12-29)24-44-21-19-43(20-22-44)17-3-4-18-45-33-5-1-2-6-35(33)50-36-23-31(41-42-40)15-16-34(36)45/h1-2,5-16,23,32H,3-4,17-22,24-26,39H2,(H,47,48). The summed E-state index contributed by atoms with van der Waals surface area (Å²) in [6.07, 6.45) is 2.20. The number of ketones is 1. The molecule has 1 atom stereocenters. The van der Waals surface area contributed by atoms with Crippen LogP contribution in [-0.2, 0) is 17.1 Å². The first-order chi connectivity index (χ1) is 24.4. The van der Waals surface area contributed by atoms with Crippen molar-refractivity contribution in [1.29, 1.82) is 0 Å². The van der Waals surface area contributed by atoms with Crippen molar-refractivity contribution in [2.45, 2.75) is 41.0 Å². The van der Waals surface area contributed by atoms with Crippen LogP contribution in [0.25, 0.3) is 10.4 Å². The number of carboxylic acid groups (broad SMARTS) is 1. The third-order valence-electron chi connectivity index (χ3n) is 9.06. The van der Waals surface area contributed by atoms with Gasteiger partial charge in [-0.25, -0.2) is 0 Å². The summed E-state index contributed by atoms with van der Waals surface area (Å²) in [5.74, 6) is -0.0221. The predicted octanol–water partition coefficient (Wildman–Crippen LogP) is 7.71. The van der Waals surface area contributed by atoms with E-state index in [1.807, 2.05) is 48.5 Å². The zero-order valence-corrected chi connectivity index (χ0v) is 29.5. The maximum atomic E-state index is 13.1. The fourth-order valence-electron chi connectivity index (χ4n) is 6.27. The van der Waals surface area contributed by atoms with Crippen LogP contribution < -0.4 is 10.6 Å². The molecular weight excluding hydrogens is 667 g/mol. The van der Waals surface area contributed by atoms with Gasteiger partial charge < -0.3 is 20.6 Å². The highest BCUT2D eigenvalue weighted by Crippen LogP contribution is 2.49. The summed E-state index contributed by atoms with van der Waals surface area (Å²) in [5.41, 5.74) is 21.0. The number of carbonyl (C=O) groups excluding carboxylic acids is 1. The molecule has 0 aliphatic carbocycles. The molecule has 1 saturated heterocycles. The Morgan fingerprint density at radius 3 is 2.18 bits per heavy atom. The molecule has 2 heterocycles. The van der Waals surface area contributed by atoms with Crippen LogP contribution in [0, 0.1) is 0 Å². The van der Waals surface area contributed by atoms with Crippen molar-refractivity contribution in [2.75, 3.05) is 49.9 Å². The number of nitrogens with zero attached hydrogens (tertiary/aromatic N) is 6. The van der Waals surface area contributed by atoms with E-state index < -0.39 is 12.0 Å². The summed E-state index contributed by atoms with van der Waals surface area (Å²) in [6, 6.07) is 29.0. The third kappa shape index (κ3) is 9.08. The molecule has 1 unspecified atom stereocenters. The number of fused-ring (bicyclic) bond motifs is 2. The van der Waals surface area contributed by atoms with E-state index in [2.05, 4.69) is 67.2 Å². The molecule has 0 amide bonds. The monoisotopic (exact) mass is 707 g/mol. The van der Waals surface area contributed by atoms with Gasteiger partial charge in [0.15, 0.2) is 5.78 Å². The molecule has 4 aromatic rings. The molecule has 258 valence electrons. The predicted molar refractivity (Wildman–Crippen MR) is 202 cm³/mol. The topological polar surface area (TPSA) is 139 Å². The second-order valence-corrected chi connectivity index (χ2v) is 14.7. The van der Waals surface area contributed by atoms with Crippen LogP contribution >= 0.6 is 23.5 Å². The van der Waals surface area contributed by atoms with E-state index in [0.29, 0.717) is 28.3 Å². The van der Waals surface area contributed by atoms with Crippen LogP contribution in [0.3, 0.4) is 0 Å². The van der Waals surface area contributed by atoms with Gasteiger partial charge in [-0.05, 0) is 60.3 Å². The lowest BCUT2D eigenvalue weighted by molar-refractivity contribution is -0.137. The molecule has 6 rings (SSSR count). The van der Waals surface area contributed by atoms with Crippen LogP contribution in [0.1, 0.15) is 39.9 Å². The summed E-state index contributed by atoms with van der Waals surface area (Å²) >= 11 is 3.19. The fourth-order valence-corrected chi connectivity index (χ4v) is 8.34. The lowest BCUT2D eigenvalue weighted by Gasteiger charge is -2.35. The van der Waals surface area contributed by atoms with E-state index in [4.69, 9.17) is 16.4 Å². The van der Waals surface area contributed by atoms with Crippen molar-refractivity contribution < 1.29 is 14.7 Å². The van der Waals surface area contributed by atoms with Gasteiger partial charge in [0, 0.05) is 82.3 Å². The van der Waals surface area contributed by atoms with Crippen molar-refractivity contribution in [3.63, 3.8) is 0 Å². The third-order valence-corrected chi connectivity index (χ3v) is 11.3. The Labute approximate surface area is 301 Å². The maximum absolute atomic E-state index is 13.1. The number of nitrogens with two attached hydrogens (primary N) is 1. The highest BCUT2D eigenvalue weighted by atomic mass is 32.2. The van der Waals surface area contributed by atoms with Crippen molar-refractivity contribution in [1.82, 2.24) is 9.80 Å². The van der Waals surface area contributed by atoms with Gasteiger partial charge in [0.1, 0.15) is 6.04 Å². The first-order valence-corrected chi connectivity index (χ1v) is 18.8. The minimum Gasteiger partial charge on any atom is -0.480 e. The zero-order chi connectivity index (χ0) is 34.9. The highest BCUT2D eigenvalue weighted by Gasteiger charge is 2.24. The second-order valence-electron chi connectivity index (χ2n) is 12.6. The summed E-state index contributed by atoms with van der Waals surface area (Å²) in [6.45, 7) is 7.01. The Morgan fingerprint density at radius 1 is 0.840 bits per heavy atom. The van der Waals surface area contributed by atoms with Gasteiger partial charge in [0.2, 0.25) is 0 Å². The minimum absolute atomic E-state index is 0.00989. The molecule has 0 saturated carbocycles. The fraction of sp³-hybridized carbons (Fsp3) is 0.316. The average molecular weight is 708 g/mol. The van der Waals surface area contributed by atoms with E-state index in [9.17, 15) is 9.59 Å². The van der Waals surface area contributed by atoms with Crippen LogP contribution in [-0.4, -0.2) is 77.7 Å². The van der Waals surface area contributed by atoms with E-state index >= 15 is 0 Å². The number of hydrogen-bond donors (Lipinski definition) is 2. The molecular formula is C38H41N7O3S2. The van der Waals surface area contributed by atoms with Crippen LogP contribution in [0.15, 0.2) is 106 Å². The molecule has 3 N–H and O–H groups in total. The normalized spacial score (nSPS) is 15.1. The minimum atomic E-state index is -0.997. The molecule has 4 aromatic carbocycles. The summed E-state index contributed by atoms with van der Waals surface area (Å²) in [7, 11) is 0. The zero-order valence-electron chi connectivity index (χ0n) is 27.9. The van der Waals surface area contributed by atoms with Crippen molar-refractivity contribution in [3.8, 4) is 0 Å². The Bertz CT molecular complexity index is 1840. The Kier molecular flexibility index (Phi) is 12.1. The first-order valence-electron chi connectivity index (χ1n) is 16.8. The summed E-state index contributed by atoms with van der Waals surface area (Å²) < 4.78 is 0. The van der Waals surface area contributed by atoms with Gasteiger partial charge in [0.05, 0.1) is 11.4 Å². The van der Waals surface area contributed by atoms with Crippen molar-refractivity contribution in [3.05, 3.63) is 124 Å². The van der Waals surface area contributed by atoms with Gasteiger partial charge in [-0.2, -0.15) is 11.8 Å². The highest BCUT2D eigenvalue weighted by molar-refractivity contribution is 7.99. The molecule has 0 aromatic heterocycles. The number of unbranched alkanes of at least 4 members (excludes halogenated alkanes) is 1. The molecule has 50 heavy (non-hydrogen) atoms. The summed E-state index contributed by atoms with van der Waals surface area (Å²) in [5, 5.41) is 12.7. The lowest BCUT2D eigenvalue weighted by atomic mass is 10.0. The van der Waals surface area contributed by atoms with Gasteiger partial charge in [-0.15, -0.1) is 0 Å². The Balaban J connectivity index is 0.927. The van der Waals surface area contributed by atoms with Gasteiger partial charge in [-0.3, -0.25) is 14.5 Å². The number of thioether (sulfide) groups is 1. The number of hydrogen-bond acceptors (Lipinski definition) is 9. The SMILES string of the molecule is [N-]=[N+]=Nc1ccc2c(c1)Sc1ccccc1N2CCCCN1CCN(Cc2ccc(C(=O)c3ccc(CSCC(N)C(=O)O)cc3)cc2)CC1. The Hall–Kier alpha value is -4.29. The van der Waals surface area contributed by atoms with E-state index in [1.165, 1.54) is 33.6 Å². The number of rotatable bonds is 15. The largest absolute Gasteiger partial charge is 0.480 e. The molecule has 0 radical (unpaired) electrons. The molecule has 0 bridgehead atoms. The van der Waals surface area contributed by atoms with E-state index in [1.54, 1.807) is 11.8 Å². The molecule has 12 heteroatoms. The Morgan fingerprint density at radius 2 is 1.48 bits per heavy atom.